The molecule has 0 saturated carbocycles. The van der Waals surface area contributed by atoms with E-state index in [0.29, 0.717) is 6.61 Å². The maximum Gasteiger partial charge on any atom is 0.189 e. The molecule has 0 amide bonds. The van der Waals surface area contributed by atoms with E-state index in [-0.39, 0.29) is 0 Å². The Labute approximate surface area is 133 Å². The average molecular weight is 312 g/mol. The van der Waals surface area contributed by atoms with Crippen molar-refractivity contribution >= 4 is 29.5 Å². The van der Waals surface area contributed by atoms with Crippen molar-refractivity contribution in [2.24, 2.45) is 4.99 Å². The van der Waals surface area contributed by atoms with Crippen LogP contribution in [0.25, 0.3) is 0 Å². The summed E-state index contributed by atoms with van der Waals surface area (Å²) in [6.45, 7) is 2.08. The van der Waals surface area contributed by atoms with Gasteiger partial charge in [0, 0.05) is 23.9 Å². The number of benzene rings is 1. The van der Waals surface area contributed by atoms with Crippen molar-refractivity contribution in [3.05, 3.63) is 40.6 Å². The molecule has 5 nitrogen and oxygen atoms in total. The smallest absolute Gasteiger partial charge is 0.189 e. The van der Waals surface area contributed by atoms with Crippen molar-refractivity contribution in [2.45, 2.75) is 24.7 Å². The fraction of sp³-hybridized carbons (Fsp3) is 0.312. The molecule has 2 aliphatic rings. The van der Waals surface area contributed by atoms with E-state index in [4.69, 9.17) is 4.74 Å². The summed E-state index contributed by atoms with van der Waals surface area (Å²) in [6, 6.07) is 6.30. The highest BCUT2D eigenvalue weighted by atomic mass is 32.2. The lowest BCUT2D eigenvalue weighted by Gasteiger charge is -2.20. The molecule has 0 spiro atoms. The summed E-state index contributed by atoms with van der Waals surface area (Å²) in [7, 11) is 0. The van der Waals surface area contributed by atoms with Gasteiger partial charge < -0.3 is 10.1 Å². The number of fused-ring (bicyclic) bond motifs is 2. The second-order valence-corrected chi connectivity index (χ2v) is 6.07. The zero-order chi connectivity index (χ0) is 14.9. The third kappa shape index (κ3) is 2.48. The van der Waals surface area contributed by atoms with Gasteiger partial charge in [0.15, 0.2) is 5.16 Å². The summed E-state index contributed by atoms with van der Waals surface area (Å²) in [6.07, 6.45) is 4.76. The van der Waals surface area contributed by atoms with Crippen LogP contribution in [0.4, 0.5) is 11.5 Å². The molecule has 1 aromatic carbocycles. The number of nitrogens with one attached hydrogen (secondary N) is 1. The molecule has 0 atom stereocenters. The van der Waals surface area contributed by atoms with E-state index < -0.39 is 0 Å². The van der Waals surface area contributed by atoms with E-state index in [2.05, 4.69) is 38.5 Å². The molecule has 22 heavy (non-hydrogen) atoms. The van der Waals surface area contributed by atoms with E-state index in [0.717, 1.165) is 47.5 Å². The van der Waals surface area contributed by atoms with Crippen LogP contribution in [-0.2, 0) is 24.3 Å². The summed E-state index contributed by atoms with van der Waals surface area (Å²) < 4.78 is 5.57. The molecule has 0 radical (unpaired) electrons. The number of aliphatic imine (C=N–C) groups is 1. The van der Waals surface area contributed by atoms with Gasteiger partial charge in [-0.25, -0.2) is 9.97 Å². The number of hydrogen-bond donors (Lipinski definition) is 1. The number of rotatable bonds is 3. The van der Waals surface area contributed by atoms with Crippen LogP contribution in [-0.4, -0.2) is 29.0 Å². The van der Waals surface area contributed by atoms with Crippen LogP contribution in [0.2, 0.25) is 0 Å². The van der Waals surface area contributed by atoms with Gasteiger partial charge in [0.25, 0.3) is 0 Å². The number of thioether (sulfide) groups is 1. The average Bonchev–Trinajstić information content (AvgIpc) is 3.02. The van der Waals surface area contributed by atoms with Crippen molar-refractivity contribution in [3.8, 4) is 0 Å². The fourth-order valence-electron chi connectivity index (χ4n) is 2.72. The van der Waals surface area contributed by atoms with Gasteiger partial charge in [-0.05, 0) is 29.5 Å². The third-order valence-electron chi connectivity index (χ3n) is 3.89. The van der Waals surface area contributed by atoms with Gasteiger partial charge in [0.2, 0.25) is 0 Å². The predicted molar refractivity (Wildman–Crippen MR) is 88.2 cm³/mol. The van der Waals surface area contributed by atoms with Crippen LogP contribution in [0.15, 0.2) is 28.3 Å². The first-order valence-corrected chi connectivity index (χ1v) is 8.47. The molecular weight excluding hydrogens is 296 g/mol. The van der Waals surface area contributed by atoms with Crippen LogP contribution < -0.4 is 5.32 Å². The maximum atomic E-state index is 5.57. The molecule has 1 N–H and O–H groups in total. The Hall–Kier alpha value is -1.92. The summed E-state index contributed by atoms with van der Waals surface area (Å²) in [5, 5.41) is 4.23. The van der Waals surface area contributed by atoms with Gasteiger partial charge in [-0.15, -0.1) is 0 Å². The van der Waals surface area contributed by atoms with Crippen molar-refractivity contribution in [2.75, 3.05) is 18.2 Å². The molecule has 112 valence electrons. The molecule has 1 aromatic heterocycles. The quantitative estimate of drug-likeness (QED) is 0.697. The summed E-state index contributed by atoms with van der Waals surface area (Å²) in [5.74, 6) is 0.851. The lowest BCUT2D eigenvalue weighted by atomic mass is 10.1. The van der Waals surface area contributed by atoms with Crippen molar-refractivity contribution in [1.82, 2.24) is 9.97 Å². The summed E-state index contributed by atoms with van der Waals surface area (Å²) in [5.41, 5.74) is 5.62. The number of ether oxygens (including phenoxy) is 1. The molecule has 4 rings (SSSR count). The minimum atomic E-state index is 0.568. The molecule has 0 aliphatic carbocycles. The Morgan fingerprint density at radius 2 is 2.23 bits per heavy atom. The highest BCUT2D eigenvalue weighted by molar-refractivity contribution is 7.98. The molecule has 3 heterocycles. The van der Waals surface area contributed by atoms with E-state index >= 15 is 0 Å². The molecule has 0 bridgehead atoms. The molecule has 0 saturated heterocycles. The Balaban J connectivity index is 1.71. The van der Waals surface area contributed by atoms with Gasteiger partial charge in [-0.3, -0.25) is 4.99 Å². The number of aromatic nitrogens is 2. The van der Waals surface area contributed by atoms with Crippen LogP contribution in [0.5, 0.6) is 0 Å². The van der Waals surface area contributed by atoms with E-state index in [1.165, 1.54) is 11.1 Å². The molecule has 2 aliphatic heterocycles. The Morgan fingerprint density at radius 3 is 3.14 bits per heavy atom. The van der Waals surface area contributed by atoms with Gasteiger partial charge in [-0.1, -0.05) is 17.8 Å². The first-order chi connectivity index (χ1) is 10.8. The summed E-state index contributed by atoms with van der Waals surface area (Å²) in [4.78, 5) is 13.5. The molecule has 2 aromatic rings. The van der Waals surface area contributed by atoms with E-state index in [1.807, 2.05) is 12.5 Å². The maximum absolute atomic E-state index is 5.57. The lowest BCUT2D eigenvalue weighted by molar-refractivity contribution is 0.109. The first kappa shape index (κ1) is 13.7. The van der Waals surface area contributed by atoms with Crippen molar-refractivity contribution < 1.29 is 4.74 Å². The lowest BCUT2D eigenvalue weighted by Crippen LogP contribution is -2.16. The predicted octanol–water partition coefficient (Wildman–Crippen LogP) is 2.95. The SMILES string of the molecule is CSc1nc2c(c(Nc3ccc4c(c3)C=NC4)n1)COCC2. The Morgan fingerprint density at radius 1 is 1.27 bits per heavy atom. The van der Waals surface area contributed by atoms with Gasteiger partial charge in [-0.2, -0.15) is 0 Å². The topological polar surface area (TPSA) is 59.4 Å². The molecular formula is C16H16N4OS. The third-order valence-corrected chi connectivity index (χ3v) is 4.43. The molecule has 0 fully saturated rings. The van der Waals surface area contributed by atoms with Gasteiger partial charge in [0.1, 0.15) is 5.82 Å². The Kier molecular flexibility index (Phi) is 3.56. The highest BCUT2D eigenvalue weighted by Gasteiger charge is 2.18. The number of hydrogen-bond acceptors (Lipinski definition) is 6. The first-order valence-electron chi connectivity index (χ1n) is 7.25. The van der Waals surface area contributed by atoms with Gasteiger partial charge in [0.05, 0.1) is 25.5 Å². The summed E-state index contributed by atoms with van der Waals surface area (Å²) >= 11 is 1.56. The van der Waals surface area contributed by atoms with Crippen molar-refractivity contribution in [3.63, 3.8) is 0 Å². The van der Waals surface area contributed by atoms with E-state index in [1.54, 1.807) is 11.8 Å². The second-order valence-electron chi connectivity index (χ2n) is 5.30. The Bertz CT molecular complexity index is 760. The van der Waals surface area contributed by atoms with Gasteiger partial charge >= 0.3 is 0 Å². The fourth-order valence-corrected chi connectivity index (χ4v) is 3.10. The standard InChI is InChI=1S/C16H16N4OS/c1-22-16-19-14-4-5-21-9-13(14)15(20-16)18-12-3-2-10-7-17-8-11(10)6-12/h2-3,6,8H,4-5,7,9H2,1H3,(H,18,19,20). The molecule has 0 unspecified atom stereocenters. The zero-order valence-electron chi connectivity index (χ0n) is 12.3. The van der Waals surface area contributed by atoms with Crippen LogP contribution in [0.3, 0.4) is 0 Å². The normalized spacial score (nSPS) is 15.5. The zero-order valence-corrected chi connectivity index (χ0v) is 13.1. The second kappa shape index (κ2) is 5.70. The van der Waals surface area contributed by atoms with E-state index in [9.17, 15) is 0 Å². The number of anilines is 2. The molecule has 6 heteroatoms. The largest absolute Gasteiger partial charge is 0.376 e. The van der Waals surface area contributed by atoms with Crippen LogP contribution >= 0.6 is 11.8 Å². The van der Waals surface area contributed by atoms with Crippen LogP contribution in [0.1, 0.15) is 22.4 Å². The minimum absolute atomic E-state index is 0.568. The number of nitrogens with zero attached hydrogens (tertiary/aromatic N) is 3. The minimum Gasteiger partial charge on any atom is -0.376 e. The van der Waals surface area contributed by atoms with Crippen LogP contribution in [0, 0.1) is 0 Å². The highest BCUT2D eigenvalue weighted by Crippen LogP contribution is 2.28. The monoisotopic (exact) mass is 312 g/mol. The van der Waals surface area contributed by atoms with Crippen molar-refractivity contribution in [1.29, 1.82) is 0 Å².